The van der Waals surface area contributed by atoms with Gasteiger partial charge in [-0.05, 0) is 44.0 Å². The number of aromatic nitrogens is 3. The third kappa shape index (κ3) is 3.66. The highest BCUT2D eigenvalue weighted by molar-refractivity contribution is 7.20. The Morgan fingerprint density at radius 3 is 2.75 bits per heavy atom. The van der Waals surface area contributed by atoms with Crippen molar-refractivity contribution in [2.75, 3.05) is 5.32 Å². The van der Waals surface area contributed by atoms with Crippen LogP contribution in [0.4, 0.5) is 5.82 Å². The molecule has 0 fully saturated rings. The molecule has 2 aromatic carbocycles. The molecule has 0 unspecified atom stereocenters. The molecule has 28 heavy (non-hydrogen) atoms. The van der Waals surface area contributed by atoms with Gasteiger partial charge in [-0.15, -0.1) is 0 Å². The summed E-state index contributed by atoms with van der Waals surface area (Å²) in [4.78, 5) is 17.3. The normalized spacial score (nSPS) is 11.1. The number of anilines is 1. The summed E-state index contributed by atoms with van der Waals surface area (Å²) in [6, 6.07) is 13.6. The summed E-state index contributed by atoms with van der Waals surface area (Å²) in [6.07, 6.45) is 0.308. The van der Waals surface area contributed by atoms with Crippen LogP contribution in [0, 0.1) is 20.8 Å². The molecule has 0 atom stereocenters. The Morgan fingerprint density at radius 1 is 1.18 bits per heavy atom. The number of hydrogen-bond acceptors (Lipinski definition) is 4. The van der Waals surface area contributed by atoms with Crippen LogP contribution in [0.1, 0.15) is 22.4 Å². The highest BCUT2D eigenvalue weighted by Crippen LogP contribution is 2.31. The van der Waals surface area contributed by atoms with Crippen LogP contribution in [-0.4, -0.2) is 20.7 Å². The largest absolute Gasteiger partial charge is 0.310 e. The van der Waals surface area contributed by atoms with Crippen molar-refractivity contribution in [3.63, 3.8) is 0 Å². The van der Waals surface area contributed by atoms with Gasteiger partial charge >= 0.3 is 0 Å². The first-order valence-corrected chi connectivity index (χ1v) is 10.1. The van der Waals surface area contributed by atoms with Gasteiger partial charge in [0.05, 0.1) is 21.8 Å². The topological polar surface area (TPSA) is 59.8 Å². The van der Waals surface area contributed by atoms with Crippen LogP contribution in [0.2, 0.25) is 5.02 Å². The maximum atomic E-state index is 12.6. The Morgan fingerprint density at radius 2 is 2.00 bits per heavy atom. The summed E-state index contributed by atoms with van der Waals surface area (Å²) < 4.78 is 2.64. The molecule has 0 saturated heterocycles. The molecule has 0 aliphatic rings. The fourth-order valence-electron chi connectivity index (χ4n) is 3.13. The van der Waals surface area contributed by atoms with Gasteiger partial charge in [0.15, 0.2) is 0 Å². The van der Waals surface area contributed by atoms with Gasteiger partial charge in [0, 0.05) is 6.07 Å². The number of thiazole rings is 1. The van der Waals surface area contributed by atoms with Gasteiger partial charge in [0.2, 0.25) is 11.0 Å². The molecule has 0 radical (unpaired) electrons. The number of nitrogens with zero attached hydrogens (tertiary/aromatic N) is 3. The minimum Gasteiger partial charge on any atom is -0.310 e. The van der Waals surface area contributed by atoms with Crippen LogP contribution in [0.15, 0.2) is 42.5 Å². The van der Waals surface area contributed by atoms with Crippen molar-refractivity contribution in [1.82, 2.24) is 14.8 Å². The third-order valence-electron chi connectivity index (χ3n) is 4.49. The van der Waals surface area contributed by atoms with Crippen LogP contribution >= 0.6 is 22.9 Å². The number of halogens is 1. The number of hydrogen-bond donors (Lipinski definition) is 1. The Bertz CT molecular complexity index is 1190. The van der Waals surface area contributed by atoms with Crippen LogP contribution < -0.4 is 5.32 Å². The van der Waals surface area contributed by atoms with E-state index in [0.717, 1.165) is 27.0 Å². The zero-order chi connectivity index (χ0) is 19.8. The molecule has 2 aromatic heterocycles. The lowest BCUT2D eigenvalue weighted by Gasteiger charge is -2.09. The summed E-state index contributed by atoms with van der Waals surface area (Å²) >= 11 is 7.73. The SMILES string of the molecule is Cc1ccc(CC(=O)Nc2cc(C)nn2-c2nc3c(Cl)cccc3s2)c(C)c1. The van der Waals surface area contributed by atoms with Gasteiger partial charge in [-0.1, -0.05) is 52.8 Å². The summed E-state index contributed by atoms with van der Waals surface area (Å²) in [5, 5.41) is 8.74. The number of rotatable bonds is 4. The first kappa shape index (κ1) is 18.7. The fourth-order valence-corrected chi connectivity index (χ4v) is 4.36. The predicted molar refractivity (Wildman–Crippen MR) is 115 cm³/mol. The van der Waals surface area contributed by atoms with Gasteiger partial charge in [0.1, 0.15) is 11.3 Å². The smallest absolute Gasteiger partial charge is 0.229 e. The quantitative estimate of drug-likeness (QED) is 0.500. The number of fused-ring (bicyclic) bond motifs is 1. The lowest BCUT2D eigenvalue weighted by Crippen LogP contribution is -2.17. The molecular formula is C21H19ClN4OS. The summed E-state index contributed by atoms with van der Waals surface area (Å²) in [6.45, 7) is 5.95. The first-order valence-electron chi connectivity index (χ1n) is 8.89. The van der Waals surface area contributed by atoms with Gasteiger partial charge in [-0.25, -0.2) is 4.98 Å². The number of benzene rings is 2. The Kier molecular flexibility index (Phi) is 4.91. The Hall–Kier alpha value is -2.70. The average Bonchev–Trinajstić information content (AvgIpc) is 3.21. The molecule has 0 bridgehead atoms. The molecule has 0 spiro atoms. The lowest BCUT2D eigenvalue weighted by atomic mass is 10.0. The molecule has 0 aliphatic carbocycles. The monoisotopic (exact) mass is 410 g/mol. The zero-order valence-corrected chi connectivity index (χ0v) is 17.4. The molecule has 5 nitrogen and oxygen atoms in total. The highest BCUT2D eigenvalue weighted by Gasteiger charge is 2.16. The molecule has 142 valence electrons. The van der Waals surface area contributed by atoms with Crippen molar-refractivity contribution in [1.29, 1.82) is 0 Å². The number of aryl methyl sites for hydroxylation is 3. The van der Waals surface area contributed by atoms with E-state index in [9.17, 15) is 4.79 Å². The minimum absolute atomic E-state index is 0.0905. The molecule has 4 rings (SSSR count). The third-order valence-corrected chi connectivity index (χ3v) is 5.79. The Labute approximate surface area is 172 Å². The van der Waals surface area contributed by atoms with Crippen molar-refractivity contribution < 1.29 is 4.79 Å². The van der Waals surface area contributed by atoms with Gasteiger partial charge < -0.3 is 5.32 Å². The minimum atomic E-state index is -0.0905. The standard InChI is InChI=1S/C21H19ClN4OS/c1-12-7-8-15(13(2)9-12)11-19(27)23-18-10-14(3)25-26(18)21-24-20-16(22)5-4-6-17(20)28-21/h4-10H,11H2,1-3H3,(H,23,27). The maximum absolute atomic E-state index is 12.6. The predicted octanol–water partition coefficient (Wildman–Crippen LogP) is 5.24. The number of carbonyl (C=O) groups excluding carboxylic acids is 1. The second-order valence-corrected chi connectivity index (χ2v) is 8.24. The van der Waals surface area contributed by atoms with E-state index in [2.05, 4.69) is 21.5 Å². The fraction of sp³-hybridized carbons (Fsp3) is 0.190. The van der Waals surface area contributed by atoms with E-state index in [0.29, 0.717) is 22.4 Å². The van der Waals surface area contributed by atoms with Crippen LogP contribution in [0.5, 0.6) is 0 Å². The van der Waals surface area contributed by atoms with E-state index in [1.54, 1.807) is 4.68 Å². The van der Waals surface area contributed by atoms with Gasteiger partial charge in [-0.3, -0.25) is 4.79 Å². The van der Waals surface area contributed by atoms with E-state index in [4.69, 9.17) is 11.6 Å². The molecular weight excluding hydrogens is 392 g/mol. The maximum Gasteiger partial charge on any atom is 0.229 e. The van der Waals surface area contributed by atoms with Crippen molar-refractivity contribution in [3.05, 3.63) is 69.9 Å². The summed E-state index contributed by atoms with van der Waals surface area (Å²) in [7, 11) is 0. The van der Waals surface area contributed by atoms with Crippen molar-refractivity contribution in [2.24, 2.45) is 0 Å². The first-order chi connectivity index (χ1) is 13.4. The average molecular weight is 411 g/mol. The number of para-hydroxylation sites is 1. The molecule has 1 amide bonds. The van der Waals surface area contributed by atoms with E-state index >= 15 is 0 Å². The zero-order valence-electron chi connectivity index (χ0n) is 15.8. The highest BCUT2D eigenvalue weighted by atomic mass is 35.5. The van der Waals surface area contributed by atoms with Crippen LogP contribution in [0.25, 0.3) is 15.3 Å². The summed E-state index contributed by atoms with van der Waals surface area (Å²) in [5.41, 5.74) is 4.85. The number of carbonyl (C=O) groups is 1. The number of amides is 1. The number of nitrogens with one attached hydrogen (secondary N) is 1. The summed E-state index contributed by atoms with van der Waals surface area (Å²) in [5.74, 6) is 0.509. The molecule has 1 N–H and O–H groups in total. The lowest BCUT2D eigenvalue weighted by molar-refractivity contribution is -0.115. The van der Waals surface area contributed by atoms with Crippen molar-refractivity contribution in [3.8, 4) is 5.13 Å². The second kappa shape index (κ2) is 7.37. The van der Waals surface area contributed by atoms with E-state index in [1.165, 1.54) is 16.9 Å². The van der Waals surface area contributed by atoms with Crippen molar-refractivity contribution >= 4 is 44.9 Å². The molecule has 0 saturated carbocycles. The van der Waals surface area contributed by atoms with Crippen LogP contribution in [0.3, 0.4) is 0 Å². The second-order valence-electron chi connectivity index (χ2n) is 6.82. The van der Waals surface area contributed by atoms with E-state index < -0.39 is 0 Å². The molecule has 7 heteroatoms. The Balaban J connectivity index is 1.62. The van der Waals surface area contributed by atoms with E-state index in [-0.39, 0.29) is 5.91 Å². The molecule has 4 aromatic rings. The molecule has 2 heterocycles. The van der Waals surface area contributed by atoms with Crippen LogP contribution in [-0.2, 0) is 11.2 Å². The van der Waals surface area contributed by atoms with E-state index in [1.807, 2.05) is 57.2 Å². The molecule has 0 aliphatic heterocycles. The van der Waals surface area contributed by atoms with Gasteiger partial charge in [0.25, 0.3) is 0 Å². The van der Waals surface area contributed by atoms with Crippen molar-refractivity contribution in [2.45, 2.75) is 27.2 Å². The van der Waals surface area contributed by atoms with Gasteiger partial charge in [-0.2, -0.15) is 9.78 Å².